The maximum Gasteiger partial charge on any atom is 0.314 e. The average molecular weight is 330 g/mol. The van der Waals surface area contributed by atoms with Gasteiger partial charge in [-0.2, -0.15) is 0 Å². The molecule has 0 unspecified atom stereocenters. The zero-order valence-corrected chi connectivity index (χ0v) is 14.6. The molecule has 0 heterocycles. The summed E-state index contributed by atoms with van der Waals surface area (Å²) in [7, 11) is 0. The molecule has 0 aliphatic heterocycles. The van der Waals surface area contributed by atoms with Crippen molar-refractivity contribution in [2.24, 2.45) is 0 Å². The molecule has 0 aliphatic rings. The monoisotopic (exact) mass is 330 g/mol. The van der Waals surface area contributed by atoms with Crippen LogP contribution in [0.5, 0.6) is 0 Å². The lowest BCUT2D eigenvalue weighted by Crippen LogP contribution is -2.18. The number of benzene rings is 3. The minimum Gasteiger partial charge on any atom is -0.452 e. The molecule has 0 aromatic heterocycles. The normalized spacial score (nSPS) is 12.0. The van der Waals surface area contributed by atoms with Crippen LogP contribution in [0, 0.1) is 6.92 Å². The van der Waals surface area contributed by atoms with Crippen molar-refractivity contribution in [2.45, 2.75) is 25.9 Å². The molecule has 3 aromatic carbocycles. The Morgan fingerprint density at radius 2 is 1.20 bits per heavy atom. The van der Waals surface area contributed by atoms with Gasteiger partial charge >= 0.3 is 5.97 Å². The Morgan fingerprint density at radius 1 is 0.720 bits per heavy atom. The number of esters is 1. The molecular formula is C23H22O2. The highest BCUT2D eigenvalue weighted by Crippen LogP contribution is 2.28. The van der Waals surface area contributed by atoms with E-state index in [1.807, 2.05) is 98.8 Å². The molecule has 3 rings (SSSR count). The lowest BCUT2D eigenvalue weighted by atomic mass is 9.98. The number of carbonyl (C=O) groups is 1. The van der Waals surface area contributed by atoms with E-state index in [1.54, 1.807) is 0 Å². The Bertz CT molecular complexity index is 768. The molecule has 0 fully saturated rings. The predicted molar refractivity (Wildman–Crippen MR) is 100 cm³/mol. The van der Waals surface area contributed by atoms with Gasteiger partial charge in [-0.05, 0) is 30.5 Å². The van der Waals surface area contributed by atoms with Gasteiger partial charge in [0.1, 0.15) is 0 Å². The van der Waals surface area contributed by atoms with Crippen LogP contribution in [-0.2, 0) is 9.53 Å². The summed E-state index contributed by atoms with van der Waals surface area (Å²) in [6.45, 7) is 3.92. The lowest BCUT2D eigenvalue weighted by molar-refractivity contribution is -0.149. The summed E-state index contributed by atoms with van der Waals surface area (Å²) in [6.07, 6.45) is -0.400. The van der Waals surface area contributed by atoms with E-state index >= 15 is 0 Å². The second kappa shape index (κ2) is 7.80. The Morgan fingerprint density at radius 3 is 1.68 bits per heavy atom. The van der Waals surface area contributed by atoms with Crippen molar-refractivity contribution in [3.05, 3.63) is 107 Å². The molecule has 0 N–H and O–H groups in total. The summed E-state index contributed by atoms with van der Waals surface area (Å²) in [6, 6.07) is 27.7. The molecule has 0 saturated carbocycles. The van der Waals surface area contributed by atoms with Crippen LogP contribution in [0.3, 0.4) is 0 Å². The maximum atomic E-state index is 12.8. The quantitative estimate of drug-likeness (QED) is 0.583. The molecule has 2 heteroatoms. The van der Waals surface area contributed by atoms with Crippen LogP contribution in [0.1, 0.15) is 41.2 Å². The van der Waals surface area contributed by atoms with Crippen molar-refractivity contribution in [1.82, 2.24) is 0 Å². The first kappa shape index (κ1) is 17.0. The van der Waals surface area contributed by atoms with E-state index < -0.39 is 6.10 Å². The van der Waals surface area contributed by atoms with Gasteiger partial charge in [0.05, 0.1) is 5.92 Å². The molecule has 0 aliphatic carbocycles. The van der Waals surface area contributed by atoms with Crippen LogP contribution in [0.25, 0.3) is 0 Å². The van der Waals surface area contributed by atoms with Gasteiger partial charge in [0.15, 0.2) is 6.10 Å². The van der Waals surface area contributed by atoms with Gasteiger partial charge in [0, 0.05) is 0 Å². The number of hydrogen-bond donors (Lipinski definition) is 0. The Hall–Kier alpha value is -2.87. The fourth-order valence-electron chi connectivity index (χ4n) is 2.79. The van der Waals surface area contributed by atoms with Gasteiger partial charge < -0.3 is 4.74 Å². The van der Waals surface area contributed by atoms with E-state index in [0.29, 0.717) is 0 Å². The summed E-state index contributed by atoms with van der Waals surface area (Å²) in [4.78, 5) is 12.8. The Kier molecular flexibility index (Phi) is 5.30. The number of carbonyl (C=O) groups excluding carboxylic acids is 1. The van der Waals surface area contributed by atoms with Crippen LogP contribution in [0.4, 0.5) is 0 Å². The molecule has 2 nitrogen and oxygen atoms in total. The SMILES string of the molecule is Cc1ccc([C@H](C)C(=O)OC(c2ccccc2)c2ccccc2)cc1. The fourth-order valence-corrected chi connectivity index (χ4v) is 2.79. The van der Waals surface area contributed by atoms with Crippen LogP contribution in [0.2, 0.25) is 0 Å². The molecule has 0 saturated heterocycles. The van der Waals surface area contributed by atoms with E-state index in [0.717, 1.165) is 16.7 Å². The van der Waals surface area contributed by atoms with Crippen molar-refractivity contribution >= 4 is 5.97 Å². The number of hydrogen-bond acceptors (Lipinski definition) is 2. The van der Waals surface area contributed by atoms with Crippen molar-refractivity contribution in [2.75, 3.05) is 0 Å². The number of aryl methyl sites for hydroxylation is 1. The van der Waals surface area contributed by atoms with Crippen molar-refractivity contribution in [3.63, 3.8) is 0 Å². The van der Waals surface area contributed by atoms with E-state index in [1.165, 1.54) is 5.56 Å². The minimum absolute atomic E-state index is 0.221. The van der Waals surface area contributed by atoms with Gasteiger partial charge in [-0.1, -0.05) is 90.5 Å². The topological polar surface area (TPSA) is 26.3 Å². The highest BCUT2D eigenvalue weighted by atomic mass is 16.5. The second-order valence-electron chi connectivity index (χ2n) is 6.27. The molecular weight excluding hydrogens is 308 g/mol. The summed E-state index contributed by atoms with van der Waals surface area (Å²) < 4.78 is 5.93. The largest absolute Gasteiger partial charge is 0.452 e. The molecule has 0 spiro atoms. The lowest BCUT2D eigenvalue weighted by Gasteiger charge is -2.21. The third-order valence-corrected chi connectivity index (χ3v) is 4.37. The van der Waals surface area contributed by atoms with Gasteiger partial charge in [0.2, 0.25) is 0 Å². The van der Waals surface area contributed by atoms with Gasteiger partial charge in [0.25, 0.3) is 0 Å². The highest BCUT2D eigenvalue weighted by molar-refractivity contribution is 5.78. The Labute approximate surface area is 149 Å². The van der Waals surface area contributed by atoms with E-state index in [9.17, 15) is 4.79 Å². The summed E-state index contributed by atoms with van der Waals surface area (Å²) in [5.41, 5.74) is 4.09. The molecule has 0 bridgehead atoms. The predicted octanol–water partition coefficient (Wildman–Crippen LogP) is 5.43. The maximum absolute atomic E-state index is 12.8. The van der Waals surface area contributed by atoms with Gasteiger partial charge in [-0.3, -0.25) is 4.79 Å². The first-order chi connectivity index (χ1) is 12.1. The number of rotatable bonds is 5. The van der Waals surface area contributed by atoms with Crippen LogP contribution < -0.4 is 0 Å². The zero-order valence-electron chi connectivity index (χ0n) is 14.6. The second-order valence-corrected chi connectivity index (χ2v) is 6.27. The first-order valence-corrected chi connectivity index (χ1v) is 8.52. The number of ether oxygens (including phenoxy) is 1. The molecule has 126 valence electrons. The molecule has 25 heavy (non-hydrogen) atoms. The summed E-state index contributed by atoms with van der Waals surface area (Å²) >= 11 is 0. The molecule has 3 aromatic rings. The van der Waals surface area contributed by atoms with E-state index in [2.05, 4.69) is 0 Å². The molecule has 0 amide bonds. The summed E-state index contributed by atoms with van der Waals surface area (Å²) in [5, 5.41) is 0. The first-order valence-electron chi connectivity index (χ1n) is 8.52. The molecule has 0 radical (unpaired) electrons. The minimum atomic E-state index is -0.400. The van der Waals surface area contributed by atoms with Crippen molar-refractivity contribution in [1.29, 1.82) is 0 Å². The van der Waals surface area contributed by atoms with E-state index in [4.69, 9.17) is 4.74 Å². The van der Waals surface area contributed by atoms with Gasteiger partial charge in [-0.25, -0.2) is 0 Å². The molecule has 1 atom stereocenters. The van der Waals surface area contributed by atoms with Crippen molar-refractivity contribution in [3.8, 4) is 0 Å². The van der Waals surface area contributed by atoms with E-state index in [-0.39, 0.29) is 11.9 Å². The van der Waals surface area contributed by atoms with Gasteiger partial charge in [-0.15, -0.1) is 0 Å². The highest BCUT2D eigenvalue weighted by Gasteiger charge is 2.23. The standard InChI is InChI=1S/C23H22O2/c1-17-13-15-19(16-14-17)18(2)23(24)25-22(20-9-5-3-6-10-20)21-11-7-4-8-12-21/h3-16,18,22H,1-2H3/t18-/m0/s1. The average Bonchev–Trinajstić information content (AvgIpc) is 2.67. The van der Waals surface area contributed by atoms with Crippen molar-refractivity contribution < 1.29 is 9.53 Å². The third-order valence-electron chi connectivity index (χ3n) is 4.37. The summed E-state index contributed by atoms with van der Waals surface area (Å²) in [5.74, 6) is -0.530. The Balaban J connectivity index is 1.85. The van der Waals surface area contributed by atoms with Crippen LogP contribution in [-0.4, -0.2) is 5.97 Å². The van der Waals surface area contributed by atoms with Crippen LogP contribution in [0.15, 0.2) is 84.9 Å². The smallest absolute Gasteiger partial charge is 0.314 e. The zero-order chi connectivity index (χ0) is 17.6. The van der Waals surface area contributed by atoms with Crippen LogP contribution >= 0.6 is 0 Å². The third kappa shape index (κ3) is 4.16. The fraction of sp³-hybridized carbons (Fsp3) is 0.174.